The minimum atomic E-state index is -3.94. The molecular formula is C14H26NO4S+. The summed E-state index contributed by atoms with van der Waals surface area (Å²) in [5.74, 6) is -0.418. The van der Waals surface area contributed by atoms with E-state index in [9.17, 15) is 13.5 Å². The van der Waals surface area contributed by atoms with Gasteiger partial charge in [-0.25, -0.2) is 0 Å². The van der Waals surface area contributed by atoms with Crippen molar-refractivity contribution >= 4 is 16.3 Å². The Morgan fingerprint density at radius 2 is 2.05 bits per heavy atom. The lowest BCUT2D eigenvalue weighted by molar-refractivity contribution is -0.379. The second kappa shape index (κ2) is 8.34. The lowest BCUT2D eigenvalue weighted by Gasteiger charge is -2.27. The summed E-state index contributed by atoms with van der Waals surface area (Å²) in [4.78, 5) is 0. The van der Waals surface area contributed by atoms with E-state index >= 15 is 0 Å². The molecular weight excluding hydrogens is 278 g/mol. The maximum atomic E-state index is 10.7. The molecule has 0 bridgehead atoms. The van der Waals surface area contributed by atoms with Crippen molar-refractivity contribution in [1.29, 1.82) is 0 Å². The van der Waals surface area contributed by atoms with Crippen molar-refractivity contribution in [2.75, 3.05) is 5.75 Å². The molecule has 0 aliphatic rings. The highest BCUT2D eigenvalue weighted by molar-refractivity contribution is 7.85. The molecule has 0 saturated heterocycles. The molecule has 20 heavy (non-hydrogen) atoms. The van der Waals surface area contributed by atoms with E-state index in [2.05, 4.69) is 6.58 Å². The van der Waals surface area contributed by atoms with Crippen molar-refractivity contribution in [3.8, 4) is 0 Å². The average Bonchev–Trinajstić information content (AvgIpc) is 2.36. The summed E-state index contributed by atoms with van der Waals surface area (Å²) in [7, 11) is -3.94. The zero-order chi connectivity index (χ0) is 15.8. The Bertz CT molecular complexity index is 468. The molecule has 0 radical (unpaired) electrons. The van der Waals surface area contributed by atoms with Crippen LogP contribution in [0.3, 0.4) is 0 Å². The largest absolute Gasteiger partial charge is 0.379 e. The fourth-order valence-electron chi connectivity index (χ4n) is 1.98. The van der Waals surface area contributed by atoms with Gasteiger partial charge in [-0.2, -0.15) is 13.0 Å². The van der Waals surface area contributed by atoms with E-state index < -0.39 is 15.7 Å². The van der Waals surface area contributed by atoms with Crippen LogP contribution in [0.1, 0.15) is 40.0 Å². The van der Waals surface area contributed by atoms with Gasteiger partial charge in [0.2, 0.25) is 0 Å². The van der Waals surface area contributed by atoms with Crippen molar-refractivity contribution in [1.82, 2.24) is 0 Å². The van der Waals surface area contributed by atoms with Gasteiger partial charge in [0.1, 0.15) is 5.60 Å². The zero-order valence-corrected chi connectivity index (χ0v) is 13.3. The van der Waals surface area contributed by atoms with Crippen molar-refractivity contribution in [3.05, 3.63) is 25.1 Å². The van der Waals surface area contributed by atoms with Gasteiger partial charge in [-0.05, 0) is 44.8 Å². The second-order valence-electron chi connectivity index (χ2n) is 4.92. The standard InChI is InChI=1S/C14H25NO4S/c1-5-10-15(7-3)12-14(16,6-2)13(4)9-8-11-20(17,18)19/h5,7,10,12-13,16H,3,6,8-9,11H2,1-2,4H3/p+1. The SMILES string of the molecule is C=C[N+](C=CC)=CC(O)(CC)C(C)CCCS(=O)(=O)O. The number of aliphatic hydroxyl groups is 1. The topological polar surface area (TPSA) is 77.6 Å². The molecule has 0 saturated carbocycles. The highest BCUT2D eigenvalue weighted by atomic mass is 32.2. The molecule has 2 unspecified atom stereocenters. The number of rotatable bonds is 9. The first-order valence-electron chi connectivity index (χ1n) is 6.75. The van der Waals surface area contributed by atoms with Crippen LogP contribution in [0.5, 0.6) is 0 Å². The molecule has 0 spiro atoms. The van der Waals surface area contributed by atoms with Crippen molar-refractivity contribution in [2.45, 2.75) is 45.6 Å². The van der Waals surface area contributed by atoms with Gasteiger partial charge >= 0.3 is 0 Å². The van der Waals surface area contributed by atoms with Crippen LogP contribution in [0.25, 0.3) is 0 Å². The first-order valence-corrected chi connectivity index (χ1v) is 8.35. The third-order valence-corrected chi connectivity index (χ3v) is 4.17. The lowest BCUT2D eigenvalue weighted by atomic mass is 9.84. The fraction of sp³-hybridized carbons (Fsp3) is 0.643. The van der Waals surface area contributed by atoms with Crippen LogP contribution in [0.15, 0.2) is 25.1 Å². The van der Waals surface area contributed by atoms with Gasteiger partial charge in [0.25, 0.3) is 10.1 Å². The molecule has 0 aromatic rings. The summed E-state index contributed by atoms with van der Waals surface area (Å²) in [6, 6.07) is 0. The Hall–Kier alpha value is -0.980. The van der Waals surface area contributed by atoms with E-state index in [1.807, 2.05) is 26.8 Å². The van der Waals surface area contributed by atoms with Crippen LogP contribution in [0.4, 0.5) is 0 Å². The summed E-state index contributed by atoms with van der Waals surface area (Å²) in [6.07, 6.45) is 8.19. The number of hydrogen-bond donors (Lipinski definition) is 2. The maximum Gasteiger partial charge on any atom is 0.264 e. The normalized spacial score (nSPS) is 17.9. The highest BCUT2D eigenvalue weighted by Crippen LogP contribution is 2.24. The van der Waals surface area contributed by atoms with Gasteiger partial charge in [0.05, 0.1) is 5.75 Å². The number of allylic oxidation sites excluding steroid dienone is 1. The Labute approximate surface area is 122 Å². The maximum absolute atomic E-state index is 10.7. The van der Waals surface area contributed by atoms with Gasteiger partial charge in [0, 0.05) is 0 Å². The predicted molar refractivity (Wildman–Crippen MR) is 81.4 cm³/mol. The van der Waals surface area contributed by atoms with E-state index in [1.165, 1.54) is 0 Å². The van der Waals surface area contributed by atoms with Crippen molar-refractivity contribution in [3.63, 3.8) is 0 Å². The molecule has 0 aromatic heterocycles. The molecule has 0 amide bonds. The monoisotopic (exact) mass is 304 g/mol. The molecule has 116 valence electrons. The first-order chi connectivity index (χ1) is 9.18. The van der Waals surface area contributed by atoms with Crippen LogP contribution in [0.2, 0.25) is 0 Å². The predicted octanol–water partition coefficient (Wildman–Crippen LogP) is 2.19. The van der Waals surface area contributed by atoms with Crippen LogP contribution >= 0.6 is 0 Å². The van der Waals surface area contributed by atoms with Crippen LogP contribution in [-0.2, 0) is 10.1 Å². The summed E-state index contributed by atoms with van der Waals surface area (Å²) in [6.45, 7) is 9.27. The summed E-state index contributed by atoms with van der Waals surface area (Å²) >= 11 is 0. The average molecular weight is 304 g/mol. The highest BCUT2D eigenvalue weighted by Gasteiger charge is 2.33. The molecule has 0 aromatic carbocycles. The molecule has 0 fully saturated rings. The number of hydrogen-bond acceptors (Lipinski definition) is 3. The first kappa shape index (κ1) is 19.0. The smallest absolute Gasteiger partial charge is 0.264 e. The zero-order valence-electron chi connectivity index (χ0n) is 12.5. The quantitative estimate of drug-likeness (QED) is 0.389. The lowest BCUT2D eigenvalue weighted by Crippen LogP contribution is -2.40. The van der Waals surface area contributed by atoms with E-state index in [4.69, 9.17) is 4.55 Å². The Balaban J connectivity index is 4.89. The Morgan fingerprint density at radius 1 is 1.45 bits per heavy atom. The van der Waals surface area contributed by atoms with Gasteiger partial charge < -0.3 is 5.11 Å². The van der Waals surface area contributed by atoms with Gasteiger partial charge in [-0.1, -0.05) is 13.8 Å². The number of nitrogens with zero attached hydrogens (tertiary/aromatic N) is 1. The van der Waals surface area contributed by atoms with Gasteiger partial charge in [-0.15, -0.1) is 0 Å². The van der Waals surface area contributed by atoms with Crippen molar-refractivity contribution < 1.29 is 22.7 Å². The fourth-order valence-corrected chi connectivity index (χ4v) is 2.51. The van der Waals surface area contributed by atoms with Gasteiger partial charge in [-0.3, -0.25) is 4.55 Å². The van der Waals surface area contributed by atoms with E-state index in [0.717, 1.165) is 0 Å². The second-order valence-corrected chi connectivity index (χ2v) is 6.49. The summed E-state index contributed by atoms with van der Waals surface area (Å²) < 4.78 is 31.8. The summed E-state index contributed by atoms with van der Waals surface area (Å²) in [5, 5.41) is 10.7. The minimum Gasteiger partial charge on any atom is -0.379 e. The van der Waals surface area contributed by atoms with Crippen LogP contribution in [0, 0.1) is 5.92 Å². The Morgan fingerprint density at radius 3 is 2.45 bits per heavy atom. The molecule has 0 rings (SSSR count). The minimum absolute atomic E-state index is 0.137. The molecule has 5 nitrogen and oxygen atoms in total. The summed E-state index contributed by atoms with van der Waals surface area (Å²) in [5.41, 5.74) is -1.05. The third-order valence-electron chi connectivity index (χ3n) is 3.36. The van der Waals surface area contributed by atoms with Crippen LogP contribution in [-0.4, -0.2) is 40.2 Å². The molecule has 2 N–H and O–H groups in total. The molecule has 0 aliphatic heterocycles. The Kier molecular flexibility index (Phi) is 7.93. The van der Waals surface area contributed by atoms with E-state index in [-0.39, 0.29) is 11.7 Å². The molecule has 0 heterocycles. The molecule has 0 aliphatic carbocycles. The van der Waals surface area contributed by atoms with Crippen LogP contribution < -0.4 is 0 Å². The van der Waals surface area contributed by atoms with E-state index in [1.54, 1.807) is 23.2 Å². The molecule has 2 atom stereocenters. The van der Waals surface area contributed by atoms with Crippen molar-refractivity contribution in [2.24, 2.45) is 5.92 Å². The third kappa shape index (κ3) is 6.98. The van der Waals surface area contributed by atoms with E-state index in [0.29, 0.717) is 19.3 Å². The molecule has 6 heteroatoms. The van der Waals surface area contributed by atoms with Gasteiger partial charge in [0.15, 0.2) is 18.6 Å².